The summed E-state index contributed by atoms with van der Waals surface area (Å²) in [5.41, 5.74) is 0. The normalized spacial score (nSPS) is 10.2. The van der Waals surface area contributed by atoms with Gasteiger partial charge in [-0.2, -0.15) is 9.97 Å². The van der Waals surface area contributed by atoms with E-state index in [1.807, 2.05) is 13.8 Å². The summed E-state index contributed by atoms with van der Waals surface area (Å²) in [6.07, 6.45) is 0. The van der Waals surface area contributed by atoms with Gasteiger partial charge in [-0.25, -0.2) is 4.39 Å². The molecular weight excluding hydrogens is 263 g/mol. The first kappa shape index (κ1) is 14.0. The molecule has 0 aliphatic rings. The zero-order valence-electron chi connectivity index (χ0n) is 11.3. The van der Waals surface area contributed by atoms with Crippen LogP contribution in [0.2, 0.25) is 0 Å². The van der Waals surface area contributed by atoms with Crippen molar-refractivity contribution in [2.45, 2.75) is 13.8 Å². The molecule has 0 aliphatic carbocycles. The number of rotatable bonds is 6. The summed E-state index contributed by atoms with van der Waals surface area (Å²) in [6, 6.07) is 5.84. The standard InChI is InChI=1S/C13H15FN4O2/c1-3-15-11-16-12(19-4-2)18-13(17-11)20-10-7-5-9(14)6-8-10/h5-8H,3-4H2,1-2H3,(H,15,16,17,18). The highest BCUT2D eigenvalue weighted by Gasteiger charge is 2.09. The summed E-state index contributed by atoms with van der Waals surface area (Å²) in [6.45, 7) is 4.85. The molecular formula is C13H15FN4O2. The molecule has 0 saturated heterocycles. The zero-order valence-corrected chi connectivity index (χ0v) is 11.3. The van der Waals surface area contributed by atoms with Gasteiger partial charge >= 0.3 is 12.0 Å². The number of halogens is 1. The zero-order chi connectivity index (χ0) is 14.4. The Morgan fingerprint density at radius 1 is 1.05 bits per heavy atom. The second kappa shape index (κ2) is 6.65. The molecule has 20 heavy (non-hydrogen) atoms. The van der Waals surface area contributed by atoms with Gasteiger partial charge in [0.05, 0.1) is 6.61 Å². The smallest absolute Gasteiger partial charge is 0.330 e. The lowest BCUT2D eigenvalue weighted by Crippen LogP contribution is -2.07. The van der Waals surface area contributed by atoms with Crippen LogP contribution in [0.4, 0.5) is 10.3 Å². The second-order valence-electron chi connectivity index (χ2n) is 3.74. The van der Waals surface area contributed by atoms with Crippen LogP contribution in [-0.2, 0) is 0 Å². The number of hydrogen-bond acceptors (Lipinski definition) is 6. The van der Waals surface area contributed by atoms with Crippen LogP contribution in [0.25, 0.3) is 0 Å². The van der Waals surface area contributed by atoms with E-state index in [1.54, 1.807) is 0 Å². The van der Waals surface area contributed by atoms with E-state index in [9.17, 15) is 4.39 Å². The molecule has 106 valence electrons. The number of nitrogens with zero attached hydrogens (tertiary/aromatic N) is 3. The van der Waals surface area contributed by atoms with E-state index < -0.39 is 0 Å². The molecule has 0 amide bonds. The van der Waals surface area contributed by atoms with Gasteiger partial charge in [-0.3, -0.25) is 0 Å². The number of hydrogen-bond donors (Lipinski definition) is 1. The molecule has 7 heteroatoms. The Morgan fingerprint density at radius 2 is 1.75 bits per heavy atom. The van der Waals surface area contributed by atoms with Crippen LogP contribution in [-0.4, -0.2) is 28.1 Å². The number of benzene rings is 1. The molecule has 0 radical (unpaired) electrons. The third kappa shape index (κ3) is 3.78. The molecule has 2 rings (SSSR count). The monoisotopic (exact) mass is 278 g/mol. The highest BCUT2D eigenvalue weighted by molar-refractivity contribution is 5.30. The van der Waals surface area contributed by atoms with Crippen LogP contribution in [0.15, 0.2) is 24.3 Å². The Hall–Kier alpha value is -2.44. The first-order valence-corrected chi connectivity index (χ1v) is 6.27. The lowest BCUT2D eigenvalue weighted by Gasteiger charge is -2.08. The highest BCUT2D eigenvalue weighted by atomic mass is 19.1. The number of nitrogens with one attached hydrogen (secondary N) is 1. The van der Waals surface area contributed by atoms with Gasteiger partial charge in [-0.1, -0.05) is 0 Å². The van der Waals surface area contributed by atoms with Gasteiger partial charge in [0, 0.05) is 6.54 Å². The van der Waals surface area contributed by atoms with Gasteiger partial charge in [0.25, 0.3) is 0 Å². The maximum atomic E-state index is 12.8. The second-order valence-corrected chi connectivity index (χ2v) is 3.74. The Bertz CT molecular complexity index is 539. The summed E-state index contributed by atoms with van der Waals surface area (Å²) in [5.74, 6) is 0.460. The first-order valence-electron chi connectivity index (χ1n) is 6.27. The van der Waals surface area contributed by atoms with E-state index in [0.717, 1.165) is 0 Å². The van der Waals surface area contributed by atoms with E-state index in [0.29, 0.717) is 24.8 Å². The van der Waals surface area contributed by atoms with Crippen molar-refractivity contribution in [1.82, 2.24) is 15.0 Å². The molecule has 6 nitrogen and oxygen atoms in total. The fourth-order valence-electron chi connectivity index (χ4n) is 1.42. The number of ether oxygens (including phenoxy) is 2. The van der Waals surface area contributed by atoms with Crippen molar-refractivity contribution in [2.24, 2.45) is 0 Å². The largest absolute Gasteiger partial charge is 0.464 e. The van der Waals surface area contributed by atoms with Crippen molar-refractivity contribution in [3.8, 4) is 17.8 Å². The van der Waals surface area contributed by atoms with Gasteiger partial charge in [-0.05, 0) is 38.1 Å². The van der Waals surface area contributed by atoms with Gasteiger partial charge in [-0.15, -0.1) is 4.98 Å². The molecule has 1 aromatic heterocycles. The molecule has 0 spiro atoms. The predicted molar refractivity (Wildman–Crippen MR) is 71.6 cm³/mol. The van der Waals surface area contributed by atoms with E-state index in [-0.39, 0.29) is 17.8 Å². The Kier molecular flexibility index (Phi) is 4.65. The highest BCUT2D eigenvalue weighted by Crippen LogP contribution is 2.20. The minimum absolute atomic E-state index is 0.0889. The average Bonchev–Trinajstić information content (AvgIpc) is 2.42. The molecule has 0 aliphatic heterocycles. The molecule has 0 atom stereocenters. The first-order chi connectivity index (χ1) is 9.71. The van der Waals surface area contributed by atoms with Crippen molar-refractivity contribution in [3.05, 3.63) is 30.1 Å². The van der Waals surface area contributed by atoms with Crippen molar-refractivity contribution in [1.29, 1.82) is 0 Å². The molecule has 1 aromatic carbocycles. The van der Waals surface area contributed by atoms with Crippen LogP contribution in [0, 0.1) is 5.82 Å². The fourth-order valence-corrected chi connectivity index (χ4v) is 1.42. The summed E-state index contributed by atoms with van der Waals surface area (Å²) in [7, 11) is 0. The molecule has 0 unspecified atom stereocenters. The number of aromatic nitrogens is 3. The fraction of sp³-hybridized carbons (Fsp3) is 0.308. The average molecular weight is 278 g/mol. The summed E-state index contributed by atoms with van der Waals surface area (Å²) < 4.78 is 23.5. The van der Waals surface area contributed by atoms with Gasteiger partial charge in [0.1, 0.15) is 11.6 Å². The lowest BCUT2D eigenvalue weighted by atomic mass is 10.3. The van der Waals surface area contributed by atoms with Gasteiger partial charge < -0.3 is 14.8 Å². The molecule has 0 fully saturated rings. The molecule has 1 heterocycles. The molecule has 0 bridgehead atoms. The number of anilines is 1. The maximum absolute atomic E-state index is 12.8. The van der Waals surface area contributed by atoms with E-state index >= 15 is 0 Å². The molecule has 2 aromatic rings. The van der Waals surface area contributed by atoms with Crippen LogP contribution < -0.4 is 14.8 Å². The SMILES string of the molecule is CCNc1nc(OCC)nc(Oc2ccc(F)cc2)n1. The minimum atomic E-state index is -0.337. The van der Waals surface area contributed by atoms with Crippen LogP contribution >= 0.6 is 0 Å². The van der Waals surface area contributed by atoms with Crippen LogP contribution in [0.3, 0.4) is 0 Å². The summed E-state index contributed by atoms with van der Waals surface area (Å²) in [4.78, 5) is 12.2. The third-order valence-electron chi connectivity index (χ3n) is 2.23. The van der Waals surface area contributed by atoms with E-state index in [2.05, 4.69) is 20.3 Å². The Labute approximate surface area is 116 Å². The maximum Gasteiger partial charge on any atom is 0.330 e. The Balaban J connectivity index is 2.22. The summed E-state index contributed by atoms with van der Waals surface area (Å²) >= 11 is 0. The van der Waals surface area contributed by atoms with E-state index in [4.69, 9.17) is 9.47 Å². The van der Waals surface area contributed by atoms with Crippen molar-refractivity contribution in [3.63, 3.8) is 0 Å². The topological polar surface area (TPSA) is 69.2 Å². The van der Waals surface area contributed by atoms with Crippen LogP contribution in [0.1, 0.15) is 13.8 Å². The van der Waals surface area contributed by atoms with Gasteiger partial charge in [0.15, 0.2) is 0 Å². The van der Waals surface area contributed by atoms with E-state index in [1.165, 1.54) is 24.3 Å². The third-order valence-corrected chi connectivity index (χ3v) is 2.23. The van der Waals surface area contributed by atoms with Crippen molar-refractivity contribution >= 4 is 5.95 Å². The van der Waals surface area contributed by atoms with Gasteiger partial charge in [0.2, 0.25) is 5.95 Å². The van der Waals surface area contributed by atoms with Crippen LogP contribution in [0.5, 0.6) is 17.8 Å². The summed E-state index contributed by atoms with van der Waals surface area (Å²) in [5, 5.41) is 2.96. The molecule has 1 N–H and O–H groups in total. The predicted octanol–water partition coefficient (Wildman–Crippen LogP) is 2.63. The quantitative estimate of drug-likeness (QED) is 0.876. The molecule has 0 saturated carbocycles. The van der Waals surface area contributed by atoms with Crippen molar-refractivity contribution < 1.29 is 13.9 Å². The lowest BCUT2D eigenvalue weighted by molar-refractivity contribution is 0.304. The Morgan fingerprint density at radius 3 is 2.40 bits per heavy atom. The van der Waals surface area contributed by atoms with Crippen molar-refractivity contribution in [2.75, 3.05) is 18.5 Å². The minimum Gasteiger partial charge on any atom is -0.464 e.